The molecule has 27 heavy (non-hydrogen) atoms. The molecule has 140 valence electrons. The van der Waals surface area contributed by atoms with Gasteiger partial charge in [-0.15, -0.1) is 0 Å². The Bertz CT molecular complexity index is 1070. The summed E-state index contributed by atoms with van der Waals surface area (Å²) >= 11 is 5.84. The van der Waals surface area contributed by atoms with Crippen LogP contribution < -0.4 is 11.2 Å². The van der Waals surface area contributed by atoms with E-state index in [2.05, 4.69) is 10.1 Å². The van der Waals surface area contributed by atoms with E-state index in [4.69, 9.17) is 16.1 Å². The Labute approximate surface area is 159 Å². The first-order chi connectivity index (χ1) is 12.9. The summed E-state index contributed by atoms with van der Waals surface area (Å²) in [6, 6.07) is 7.22. The largest absolute Gasteiger partial charge is 0.390 e. The molecule has 0 aliphatic rings. The van der Waals surface area contributed by atoms with Gasteiger partial charge in [0.15, 0.2) is 5.82 Å². The Hall–Kier alpha value is -2.97. The van der Waals surface area contributed by atoms with E-state index < -0.39 is 17.9 Å². The fourth-order valence-corrected chi connectivity index (χ4v) is 2.73. The molecule has 0 bridgehead atoms. The molecule has 1 aromatic carbocycles. The van der Waals surface area contributed by atoms with E-state index >= 15 is 0 Å². The van der Waals surface area contributed by atoms with Crippen LogP contribution in [0.3, 0.4) is 0 Å². The quantitative estimate of drug-likeness (QED) is 0.712. The second-order valence-corrected chi connectivity index (χ2v) is 6.33. The number of nitrogens with zero attached hydrogens (tertiary/aromatic N) is 4. The van der Waals surface area contributed by atoms with Gasteiger partial charge in [-0.1, -0.05) is 35.0 Å². The number of hydrogen-bond acceptors (Lipinski definition) is 6. The van der Waals surface area contributed by atoms with Crippen molar-refractivity contribution in [3.05, 3.63) is 78.7 Å². The number of halogens is 1. The van der Waals surface area contributed by atoms with Crippen LogP contribution in [-0.4, -0.2) is 24.4 Å². The fraction of sp³-hybridized carbons (Fsp3) is 0.222. The lowest BCUT2D eigenvalue weighted by molar-refractivity contribution is 0.267. The van der Waals surface area contributed by atoms with E-state index in [1.54, 1.807) is 31.2 Å². The number of aliphatic hydroxyl groups is 1. The van der Waals surface area contributed by atoms with Gasteiger partial charge in [-0.2, -0.15) is 4.98 Å². The first kappa shape index (κ1) is 18.8. The van der Waals surface area contributed by atoms with Crippen LogP contribution >= 0.6 is 11.6 Å². The minimum absolute atomic E-state index is 0.126. The summed E-state index contributed by atoms with van der Waals surface area (Å²) in [7, 11) is 1.49. The molecule has 0 spiro atoms. The normalized spacial score (nSPS) is 11.4. The summed E-state index contributed by atoms with van der Waals surface area (Å²) in [5.41, 5.74) is 0.413. The second kappa shape index (κ2) is 7.73. The molecule has 3 rings (SSSR count). The minimum Gasteiger partial charge on any atom is -0.390 e. The van der Waals surface area contributed by atoms with Crippen molar-refractivity contribution in [3.63, 3.8) is 0 Å². The first-order valence-corrected chi connectivity index (χ1v) is 8.45. The summed E-state index contributed by atoms with van der Waals surface area (Å²) in [6.07, 6.45) is 3.44. The molecule has 0 amide bonds. The predicted octanol–water partition coefficient (Wildman–Crippen LogP) is 1.60. The Morgan fingerprint density at radius 2 is 1.93 bits per heavy atom. The highest BCUT2D eigenvalue weighted by molar-refractivity contribution is 6.30. The Morgan fingerprint density at radius 1 is 1.22 bits per heavy atom. The van der Waals surface area contributed by atoms with E-state index in [0.29, 0.717) is 16.4 Å². The van der Waals surface area contributed by atoms with Crippen molar-refractivity contribution in [1.29, 1.82) is 0 Å². The SMILES string of the molecule is Cc1c(CO)n(C)c(=O)n(Cc2nc(/C=C/c3ccc(Cl)cc3)no2)c1=O. The van der Waals surface area contributed by atoms with Gasteiger partial charge in [0, 0.05) is 17.6 Å². The van der Waals surface area contributed by atoms with Crippen LogP contribution in [-0.2, 0) is 20.2 Å². The molecule has 0 radical (unpaired) electrons. The molecule has 9 heteroatoms. The molecule has 0 aliphatic carbocycles. The highest BCUT2D eigenvalue weighted by atomic mass is 35.5. The molecular weight excluding hydrogens is 372 g/mol. The van der Waals surface area contributed by atoms with E-state index in [-0.39, 0.29) is 18.1 Å². The van der Waals surface area contributed by atoms with Crippen molar-refractivity contribution in [2.45, 2.75) is 20.1 Å². The molecule has 0 saturated carbocycles. The van der Waals surface area contributed by atoms with Crippen molar-refractivity contribution in [3.8, 4) is 0 Å². The molecule has 3 aromatic rings. The Morgan fingerprint density at radius 3 is 2.59 bits per heavy atom. The van der Waals surface area contributed by atoms with Crippen LogP contribution in [0.1, 0.15) is 28.5 Å². The topological polar surface area (TPSA) is 103 Å². The number of aliphatic hydroxyl groups excluding tert-OH is 1. The van der Waals surface area contributed by atoms with E-state index in [0.717, 1.165) is 10.1 Å². The number of benzene rings is 1. The number of aromatic nitrogens is 4. The van der Waals surface area contributed by atoms with Crippen LogP contribution in [0.2, 0.25) is 5.02 Å². The molecule has 0 atom stereocenters. The molecule has 0 unspecified atom stereocenters. The average Bonchev–Trinajstić information content (AvgIpc) is 3.11. The Balaban J connectivity index is 1.85. The van der Waals surface area contributed by atoms with Gasteiger partial charge in [0.05, 0.1) is 12.3 Å². The summed E-state index contributed by atoms with van der Waals surface area (Å²) in [4.78, 5) is 28.9. The molecule has 2 heterocycles. The van der Waals surface area contributed by atoms with Crippen LogP contribution in [0.25, 0.3) is 12.2 Å². The third kappa shape index (κ3) is 3.91. The predicted molar refractivity (Wildman–Crippen MR) is 100 cm³/mol. The van der Waals surface area contributed by atoms with Gasteiger partial charge in [0.1, 0.15) is 6.54 Å². The van der Waals surface area contributed by atoms with Crippen molar-refractivity contribution < 1.29 is 9.63 Å². The van der Waals surface area contributed by atoms with E-state index in [1.807, 2.05) is 12.1 Å². The maximum atomic E-state index is 12.4. The molecule has 2 aromatic heterocycles. The molecule has 0 fully saturated rings. The van der Waals surface area contributed by atoms with Crippen molar-refractivity contribution >= 4 is 23.8 Å². The van der Waals surface area contributed by atoms with Gasteiger partial charge in [-0.05, 0) is 30.7 Å². The summed E-state index contributed by atoms with van der Waals surface area (Å²) in [5.74, 6) is 0.439. The van der Waals surface area contributed by atoms with Crippen molar-refractivity contribution in [2.75, 3.05) is 0 Å². The third-order valence-corrected chi connectivity index (χ3v) is 4.40. The smallest absolute Gasteiger partial charge is 0.331 e. The van der Waals surface area contributed by atoms with Gasteiger partial charge in [-0.3, -0.25) is 13.9 Å². The zero-order valence-corrected chi connectivity index (χ0v) is 15.5. The first-order valence-electron chi connectivity index (χ1n) is 8.07. The molecule has 0 saturated heterocycles. The summed E-state index contributed by atoms with van der Waals surface area (Å²) in [6.45, 7) is 1.01. The van der Waals surface area contributed by atoms with Crippen LogP contribution in [0.5, 0.6) is 0 Å². The summed E-state index contributed by atoms with van der Waals surface area (Å²) < 4.78 is 7.36. The fourth-order valence-electron chi connectivity index (χ4n) is 2.60. The van der Waals surface area contributed by atoms with Crippen molar-refractivity contribution in [1.82, 2.24) is 19.3 Å². The lowest BCUT2D eigenvalue weighted by atomic mass is 10.2. The highest BCUT2D eigenvalue weighted by Gasteiger charge is 2.15. The molecular formula is C18H17ClN4O4. The third-order valence-electron chi connectivity index (χ3n) is 4.14. The van der Waals surface area contributed by atoms with E-state index in [1.165, 1.54) is 11.6 Å². The zero-order valence-electron chi connectivity index (χ0n) is 14.7. The standard InChI is InChI=1S/C18H17ClN4O4/c1-11-14(10-24)22(2)18(26)23(17(11)25)9-16-20-15(21-27-16)8-5-12-3-6-13(19)7-4-12/h3-8,24H,9-10H2,1-2H3/b8-5+. The lowest BCUT2D eigenvalue weighted by Gasteiger charge is -2.11. The lowest BCUT2D eigenvalue weighted by Crippen LogP contribution is -2.42. The van der Waals surface area contributed by atoms with Gasteiger partial charge < -0.3 is 9.63 Å². The second-order valence-electron chi connectivity index (χ2n) is 5.89. The Kier molecular flexibility index (Phi) is 5.38. The van der Waals surface area contributed by atoms with Crippen molar-refractivity contribution in [2.24, 2.45) is 7.05 Å². The van der Waals surface area contributed by atoms with Crippen LogP contribution in [0.4, 0.5) is 0 Å². The molecule has 8 nitrogen and oxygen atoms in total. The van der Waals surface area contributed by atoms with Gasteiger partial charge in [0.2, 0.25) is 5.89 Å². The van der Waals surface area contributed by atoms with Gasteiger partial charge in [-0.25, -0.2) is 4.79 Å². The zero-order chi connectivity index (χ0) is 19.6. The minimum atomic E-state index is -0.564. The highest BCUT2D eigenvalue weighted by Crippen LogP contribution is 2.12. The maximum Gasteiger partial charge on any atom is 0.331 e. The molecule has 1 N–H and O–H groups in total. The van der Waals surface area contributed by atoms with Gasteiger partial charge >= 0.3 is 5.69 Å². The van der Waals surface area contributed by atoms with Crippen LogP contribution in [0.15, 0.2) is 38.4 Å². The number of hydrogen-bond donors (Lipinski definition) is 1. The monoisotopic (exact) mass is 388 g/mol. The number of rotatable bonds is 5. The van der Waals surface area contributed by atoms with E-state index in [9.17, 15) is 14.7 Å². The molecule has 0 aliphatic heterocycles. The average molecular weight is 389 g/mol. The maximum absolute atomic E-state index is 12.4. The van der Waals surface area contributed by atoms with Crippen LogP contribution in [0, 0.1) is 6.92 Å². The van der Waals surface area contributed by atoms with Gasteiger partial charge in [0.25, 0.3) is 5.56 Å². The summed E-state index contributed by atoms with van der Waals surface area (Å²) in [5, 5.41) is 13.8.